The summed E-state index contributed by atoms with van der Waals surface area (Å²) in [6, 6.07) is 8.43. The van der Waals surface area contributed by atoms with Gasteiger partial charge in [0.25, 0.3) is 0 Å². The van der Waals surface area contributed by atoms with E-state index in [0.29, 0.717) is 6.04 Å². The molecular formula is C17H26N2. The molecule has 0 aromatic heterocycles. The lowest BCUT2D eigenvalue weighted by atomic mass is 9.97. The Balaban J connectivity index is 1.67. The summed E-state index contributed by atoms with van der Waals surface area (Å²) in [6.45, 7) is 7.18. The highest BCUT2D eigenvalue weighted by Gasteiger charge is 2.23. The van der Waals surface area contributed by atoms with Gasteiger partial charge in [-0.05, 0) is 63.3 Å². The molecule has 0 amide bonds. The average Bonchev–Trinajstić information content (AvgIpc) is 2.86. The van der Waals surface area contributed by atoms with E-state index in [1.165, 1.54) is 55.5 Å². The SMILES string of the molecule is CC1CCCCN1C(C)Cc1ccc2c(c1)CCN2. The van der Waals surface area contributed by atoms with Crippen molar-refractivity contribution in [2.24, 2.45) is 0 Å². The molecule has 2 unspecified atom stereocenters. The predicted molar refractivity (Wildman–Crippen MR) is 81.8 cm³/mol. The average molecular weight is 258 g/mol. The summed E-state index contributed by atoms with van der Waals surface area (Å²) in [5, 5.41) is 3.44. The van der Waals surface area contributed by atoms with Crippen molar-refractivity contribution in [2.45, 2.75) is 58.0 Å². The summed E-state index contributed by atoms with van der Waals surface area (Å²) < 4.78 is 0. The standard InChI is InChI=1S/C17H26N2/c1-13-5-3-4-10-19(13)14(2)11-15-6-7-17-16(12-15)8-9-18-17/h6-7,12-14,18H,3-5,8-11H2,1-2H3. The van der Waals surface area contributed by atoms with E-state index in [0.717, 1.165) is 12.6 Å². The minimum atomic E-state index is 0.669. The van der Waals surface area contributed by atoms with Gasteiger partial charge in [-0.2, -0.15) is 0 Å². The van der Waals surface area contributed by atoms with Crippen molar-refractivity contribution in [3.05, 3.63) is 29.3 Å². The number of nitrogens with zero attached hydrogens (tertiary/aromatic N) is 1. The molecule has 2 aliphatic rings. The van der Waals surface area contributed by atoms with Crippen molar-refractivity contribution in [3.8, 4) is 0 Å². The molecule has 2 heterocycles. The van der Waals surface area contributed by atoms with Gasteiger partial charge in [0, 0.05) is 24.3 Å². The van der Waals surface area contributed by atoms with E-state index >= 15 is 0 Å². The third kappa shape index (κ3) is 2.79. The Kier molecular flexibility index (Phi) is 3.79. The Hall–Kier alpha value is -1.02. The minimum absolute atomic E-state index is 0.669. The fourth-order valence-electron chi connectivity index (χ4n) is 3.72. The van der Waals surface area contributed by atoms with Crippen LogP contribution in [0.4, 0.5) is 5.69 Å². The molecule has 0 spiro atoms. The zero-order valence-corrected chi connectivity index (χ0v) is 12.3. The summed E-state index contributed by atoms with van der Waals surface area (Å²) in [5.74, 6) is 0. The molecule has 1 fully saturated rings. The maximum Gasteiger partial charge on any atom is 0.0373 e. The molecule has 2 atom stereocenters. The summed E-state index contributed by atoms with van der Waals surface area (Å²) in [6.07, 6.45) is 6.55. The van der Waals surface area contributed by atoms with Crippen molar-refractivity contribution >= 4 is 5.69 Å². The van der Waals surface area contributed by atoms with Gasteiger partial charge in [-0.3, -0.25) is 4.90 Å². The van der Waals surface area contributed by atoms with Crippen LogP contribution in [0.5, 0.6) is 0 Å². The fraction of sp³-hybridized carbons (Fsp3) is 0.647. The van der Waals surface area contributed by atoms with Crippen LogP contribution in [-0.4, -0.2) is 30.1 Å². The number of fused-ring (bicyclic) bond motifs is 1. The van der Waals surface area contributed by atoms with Gasteiger partial charge in [-0.15, -0.1) is 0 Å². The molecule has 1 saturated heterocycles. The molecule has 3 rings (SSSR count). The molecule has 0 saturated carbocycles. The summed E-state index contributed by atoms with van der Waals surface area (Å²) in [7, 11) is 0. The number of anilines is 1. The van der Waals surface area contributed by atoms with Crippen LogP contribution >= 0.6 is 0 Å². The first kappa shape index (κ1) is 13.0. The Morgan fingerprint density at radius 2 is 2.26 bits per heavy atom. The van der Waals surface area contributed by atoms with Gasteiger partial charge >= 0.3 is 0 Å². The molecule has 19 heavy (non-hydrogen) atoms. The van der Waals surface area contributed by atoms with Crippen LogP contribution in [0.15, 0.2) is 18.2 Å². The normalized spacial score (nSPS) is 24.8. The van der Waals surface area contributed by atoms with E-state index in [1.807, 2.05) is 0 Å². The smallest absolute Gasteiger partial charge is 0.0373 e. The first-order valence-electron chi connectivity index (χ1n) is 7.85. The first-order valence-corrected chi connectivity index (χ1v) is 7.85. The molecule has 0 aliphatic carbocycles. The van der Waals surface area contributed by atoms with Crippen LogP contribution < -0.4 is 5.32 Å². The van der Waals surface area contributed by atoms with Crippen LogP contribution in [0.1, 0.15) is 44.2 Å². The molecule has 0 radical (unpaired) electrons. The van der Waals surface area contributed by atoms with Gasteiger partial charge in [0.15, 0.2) is 0 Å². The van der Waals surface area contributed by atoms with Crippen molar-refractivity contribution in [1.82, 2.24) is 4.90 Å². The first-order chi connectivity index (χ1) is 9.24. The van der Waals surface area contributed by atoms with Gasteiger partial charge in [0.1, 0.15) is 0 Å². The summed E-state index contributed by atoms with van der Waals surface area (Å²) in [4.78, 5) is 2.70. The molecule has 2 nitrogen and oxygen atoms in total. The lowest BCUT2D eigenvalue weighted by Gasteiger charge is -2.38. The summed E-state index contributed by atoms with van der Waals surface area (Å²) in [5.41, 5.74) is 4.37. The Morgan fingerprint density at radius 3 is 3.11 bits per heavy atom. The number of hydrogen-bond acceptors (Lipinski definition) is 2. The van der Waals surface area contributed by atoms with Gasteiger partial charge < -0.3 is 5.32 Å². The van der Waals surface area contributed by atoms with Gasteiger partial charge in [0.05, 0.1) is 0 Å². The van der Waals surface area contributed by atoms with Gasteiger partial charge in [-0.1, -0.05) is 18.6 Å². The highest BCUT2D eigenvalue weighted by Crippen LogP contribution is 2.25. The van der Waals surface area contributed by atoms with Crippen molar-refractivity contribution in [2.75, 3.05) is 18.4 Å². The number of hydrogen-bond donors (Lipinski definition) is 1. The Morgan fingerprint density at radius 1 is 1.37 bits per heavy atom. The van der Waals surface area contributed by atoms with E-state index in [4.69, 9.17) is 0 Å². The molecule has 1 aromatic carbocycles. The van der Waals surface area contributed by atoms with E-state index in [1.54, 1.807) is 0 Å². The largest absolute Gasteiger partial charge is 0.384 e. The van der Waals surface area contributed by atoms with E-state index < -0.39 is 0 Å². The van der Waals surface area contributed by atoms with Crippen molar-refractivity contribution in [1.29, 1.82) is 0 Å². The third-order valence-electron chi connectivity index (χ3n) is 4.83. The van der Waals surface area contributed by atoms with Crippen LogP contribution in [0, 0.1) is 0 Å². The molecule has 2 aliphatic heterocycles. The van der Waals surface area contributed by atoms with Crippen molar-refractivity contribution in [3.63, 3.8) is 0 Å². The zero-order chi connectivity index (χ0) is 13.2. The molecule has 2 heteroatoms. The monoisotopic (exact) mass is 258 g/mol. The second kappa shape index (κ2) is 5.54. The Labute approximate surface area is 117 Å². The van der Waals surface area contributed by atoms with Gasteiger partial charge in [-0.25, -0.2) is 0 Å². The Bertz CT molecular complexity index is 441. The predicted octanol–water partition coefficient (Wildman–Crippen LogP) is 3.46. The maximum absolute atomic E-state index is 3.44. The molecular weight excluding hydrogens is 232 g/mol. The molecule has 1 N–H and O–H groups in total. The molecule has 1 aromatic rings. The number of rotatable bonds is 3. The van der Waals surface area contributed by atoms with Crippen LogP contribution in [0.3, 0.4) is 0 Å². The highest BCUT2D eigenvalue weighted by atomic mass is 15.2. The van der Waals surface area contributed by atoms with Crippen LogP contribution in [0.25, 0.3) is 0 Å². The van der Waals surface area contributed by atoms with Crippen LogP contribution in [0.2, 0.25) is 0 Å². The van der Waals surface area contributed by atoms with Crippen LogP contribution in [-0.2, 0) is 12.8 Å². The zero-order valence-electron chi connectivity index (χ0n) is 12.3. The van der Waals surface area contributed by atoms with Gasteiger partial charge in [0.2, 0.25) is 0 Å². The fourth-order valence-corrected chi connectivity index (χ4v) is 3.72. The van der Waals surface area contributed by atoms with Crippen molar-refractivity contribution < 1.29 is 0 Å². The second-order valence-corrected chi connectivity index (χ2v) is 6.30. The maximum atomic E-state index is 3.44. The number of likely N-dealkylation sites (tertiary alicyclic amines) is 1. The minimum Gasteiger partial charge on any atom is -0.384 e. The molecule has 104 valence electrons. The number of piperidine rings is 1. The number of nitrogens with one attached hydrogen (secondary N) is 1. The third-order valence-corrected chi connectivity index (χ3v) is 4.83. The lowest BCUT2D eigenvalue weighted by Crippen LogP contribution is -2.44. The van der Waals surface area contributed by atoms with E-state index in [9.17, 15) is 0 Å². The molecule has 0 bridgehead atoms. The van der Waals surface area contributed by atoms with E-state index in [-0.39, 0.29) is 0 Å². The van der Waals surface area contributed by atoms with E-state index in [2.05, 4.69) is 42.3 Å². The summed E-state index contributed by atoms with van der Waals surface area (Å²) >= 11 is 0. The highest BCUT2D eigenvalue weighted by molar-refractivity contribution is 5.56. The lowest BCUT2D eigenvalue weighted by molar-refractivity contribution is 0.114. The second-order valence-electron chi connectivity index (χ2n) is 6.30. The quantitative estimate of drug-likeness (QED) is 0.893. The number of benzene rings is 1. The topological polar surface area (TPSA) is 15.3 Å².